The van der Waals surface area contributed by atoms with Crippen molar-refractivity contribution in [1.29, 1.82) is 0 Å². The van der Waals surface area contributed by atoms with Crippen LogP contribution in [0.2, 0.25) is 0 Å². The molecule has 2 unspecified atom stereocenters. The fourth-order valence-electron chi connectivity index (χ4n) is 5.29. The Bertz CT molecular complexity index is 1550. The molecule has 0 fully saturated rings. The number of ketones is 1. The third-order valence-electron chi connectivity index (χ3n) is 7.18. The largest absolute Gasteiger partial charge is 0.289 e. The van der Waals surface area contributed by atoms with E-state index < -0.39 is 16.1 Å². The van der Waals surface area contributed by atoms with Crippen LogP contribution in [0.3, 0.4) is 0 Å². The number of hydrogen-bond acceptors (Lipinski definition) is 3. The quantitative estimate of drug-likeness (QED) is 0.258. The molecule has 5 rings (SSSR count). The topological polar surface area (TPSA) is 54.5 Å². The van der Waals surface area contributed by atoms with Gasteiger partial charge in [0.15, 0.2) is 5.78 Å². The molecule has 4 aromatic carbocycles. The summed E-state index contributed by atoms with van der Waals surface area (Å²) in [5, 5.41) is 0. The molecule has 0 aromatic heterocycles. The van der Waals surface area contributed by atoms with Crippen LogP contribution >= 0.6 is 0 Å². The summed E-state index contributed by atoms with van der Waals surface area (Å²) in [5.74, 6) is -0.354. The van der Waals surface area contributed by atoms with Crippen LogP contribution in [0.25, 0.3) is 5.57 Å². The summed E-state index contributed by atoms with van der Waals surface area (Å²) in [6, 6.07) is 35.3. The maximum Gasteiger partial charge on any atom is 0.243 e. The van der Waals surface area contributed by atoms with Gasteiger partial charge >= 0.3 is 0 Å². The minimum atomic E-state index is -3.85. The lowest BCUT2D eigenvalue weighted by molar-refractivity contribution is 0.101. The highest BCUT2D eigenvalue weighted by Crippen LogP contribution is 2.40. The van der Waals surface area contributed by atoms with Crippen molar-refractivity contribution in [3.05, 3.63) is 143 Å². The van der Waals surface area contributed by atoms with Crippen molar-refractivity contribution in [3.63, 3.8) is 0 Å². The van der Waals surface area contributed by atoms with E-state index in [0.29, 0.717) is 17.6 Å². The monoisotopic (exact) mass is 521 g/mol. The fraction of sp³-hybridized carbons (Fsp3) is 0.182. The van der Waals surface area contributed by atoms with Crippen LogP contribution in [0.5, 0.6) is 0 Å². The van der Waals surface area contributed by atoms with E-state index in [-0.39, 0.29) is 23.1 Å². The van der Waals surface area contributed by atoms with Crippen LogP contribution in [0, 0.1) is 12.8 Å². The average Bonchev–Trinajstić information content (AvgIpc) is 2.95. The molecule has 0 spiro atoms. The summed E-state index contributed by atoms with van der Waals surface area (Å²) < 4.78 is 30.0. The standard InChI is InChI=1S/C33H31NO3S/c1-24-18-20-29(21-19-24)38(36,37)34-23-25(2)31(33(35)28-16-10-5-11-17-28)32(27-14-8-4-9-15-27)30(34)22-26-12-6-3-7-13-26/h3-21,25,30H,22-23H2,1-2H3. The number of Topliss-reactive ketones (excluding diaryl/α,β-unsaturated/α-hetero) is 1. The Kier molecular flexibility index (Phi) is 7.41. The van der Waals surface area contributed by atoms with Gasteiger partial charge in [-0.2, -0.15) is 4.31 Å². The second-order valence-corrected chi connectivity index (χ2v) is 11.8. The van der Waals surface area contributed by atoms with Gasteiger partial charge in [-0.05, 0) is 48.1 Å². The Morgan fingerprint density at radius 2 is 1.34 bits per heavy atom. The van der Waals surface area contributed by atoms with Gasteiger partial charge in [-0.15, -0.1) is 0 Å². The second-order valence-electron chi connectivity index (χ2n) is 9.88. The Balaban J connectivity index is 1.74. The molecule has 0 saturated heterocycles. The van der Waals surface area contributed by atoms with Gasteiger partial charge in [-0.3, -0.25) is 4.79 Å². The van der Waals surface area contributed by atoms with Crippen LogP contribution in [-0.4, -0.2) is 31.1 Å². The molecule has 0 bridgehead atoms. The molecule has 0 saturated carbocycles. The molecule has 2 atom stereocenters. The minimum absolute atomic E-state index is 0.0533. The predicted molar refractivity (Wildman–Crippen MR) is 152 cm³/mol. The van der Waals surface area contributed by atoms with Gasteiger partial charge in [-0.1, -0.05) is 116 Å². The Labute approximate surface area is 225 Å². The molecular weight excluding hydrogens is 490 g/mol. The summed E-state index contributed by atoms with van der Waals surface area (Å²) in [6.45, 7) is 4.11. The number of aryl methyl sites for hydroxylation is 1. The maximum absolute atomic E-state index is 14.2. The number of nitrogens with zero attached hydrogens (tertiary/aromatic N) is 1. The molecular formula is C33H31NO3S. The lowest BCUT2D eigenvalue weighted by Gasteiger charge is -2.41. The highest BCUT2D eigenvalue weighted by atomic mass is 32.2. The average molecular weight is 522 g/mol. The van der Waals surface area contributed by atoms with Crippen LogP contribution in [-0.2, 0) is 16.4 Å². The number of benzene rings is 4. The molecule has 1 aliphatic heterocycles. The third kappa shape index (κ3) is 5.13. The number of carbonyl (C=O) groups excluding carboxylic acids is 1. The molecule has 4 aromatic rings. The third-order valence-corrected chi connectivity index (χ3v) is 9.07. The van der Waals surface area contributed by atoms with Gasteiger partial charge < -0.3 is 0 Å². The summed E-state index contributed by atoms with van der Waals surface area (Å²) in [5.41, 5.74) is 4.93. The molecule has 1 heterocycles. The van der Waals surface area contributed by atoms with Gasteiger partial charge in [0.05, 0.1) is 10.9 Å². The normalized spacial score (nSPS) is 18.4. The van der Waals surface area contributed by atoms with E-state index in [1.807, 2.05) is 117 Å². The number of sulfonamides is 1. The van der Waals surface area contributed by atoms with E-state index in [9.17, 15) is 13.2 Å². The molecule has 1 aliphatic rings. The first-order valence-electron chi connectivity index (χ1n) is 12.9. The van der Waals surface area contributed by atoms with E-state index in [2.05, 4.69) is 0 Å². The van der Waals surface area contributed by atoms with Crippen LogP contribution in [0.1, 0.15) is 34.0 Å². The molecule has 0 aliphatic carbocycles. The molecule has 4 nitrogen and oxygen atoms in total. The maximum atomic E-state index is 14.2. The van der Waals surface area contributed by atoms with E-state index in [1.165, 1.54) is 0 Å². The second kappa shape index (κ2) is 10.9. The highest BCUT2D eigenvalue weighted by Gasteiger charge is 2.42. The zero-order valence-electron chi connectivity index (χ0n) is 21.6. The fourth-order valence-corrected chi connectivity index (χ4v) is 6.97. The zero-order chi connectivity index (χ0) is 26.7. The molecule has 0 N–H and O–H groups in total. The Morgan fingerprint density at radius 1 is 0.789 bits per heavy atom. The molecule has 192 valence electrons. The molecule has 0 amide bonds. The Hall–Kier alpha value is -3.80. The zero-order valence-corrected chi connectivity index (χ0v) is 22.4. The van der Waals surface area contributed by atoms with E-state index in [4.69, 9.17) is 0 Å². The molecule has 38 heavy (non-hydrogen) atoms. The van der Waals surface area contributed by atoms with Gasteiger partial charge in [0.1, 0.15) is 0 Å². The first-order valence-corrected chi connectivity index (χ1v) is 14.3. The summed E-state index contributed by atoms with van der Waals surface area (Å²) >= 11 is 0. The summed E-state index contributed by atoms with van der Waals surface area (Å²) in [6.07, 6.45) is 0.453. The highest BCUT2D eigenvalue weighted by molar-refractivity contribution is 7.89. The van der Waals surface area contributed by atoms with Crippen molar-refractivity contribution in [2.24, 2.45) is 5.92 Å². The van der Waals surface area contributed by atoms with Crippen molar-refractivity contribution < 1.29 is 13.2 Å². The van der Waals surface area contributed by atoms with Gasteiger partial charge in [0.2, 0.25) is 10.0 Å². The van der Waals surface area contributed by atoms with Crippen molar-refractivity contribution in [3.8, 4) is 0 Å². The predicted octanol–water partition coefficient (Wildman–Crippen LogP) is 6.58. The van der Waals surface area contributed by atoms with Crippen molar-refractivity contribution in [2.75, 3.05) is 6.54 Å². The summed E-state index contributed by atoms with van der Waals surface area (Å²) in [4.78, 5) is 14.3. The SMILES string of the molecule is Cc1ccc(S(=O)(=O)N2CC(C)C(C(=O)c3ccccc3)=C(c3ccccc3)C2Cc2ccccc2)cc1. The van der Waals surface area contributed by atoms with E-state index >= 15 is 0 Å². The smallest absolute Gasteiger partial charge is 0.243 e. The van der Waals surface area contributed by atoms with E-state index in [1.54, 1.807) is 16.4 Å². The van der Waals surface area contributed by atoms with Crippen molar-refractivity contribution in [1.82, 2.24) is 4.31 Å². The van der Waals surface area contributed by atoms with Gasteiger partial charge in [0.25, 0.3) is 0 Å². The number of rotatable bonds is 7. The van der Waals surface area contributed by atoms with Crippen molar-refractivity contribution in [2.45, 2.75) is 31.2 Å². The van der Waals surface area contributed by atoms with Gasteiger partial charge in [0, 0.05) is 17.7 Å². The van der Waals surface area contributed by atoms with Crippen molar-refractivity contribution >= 4 is 21.4 Å². The van der Waals surface area contributed by atoms with Crippen LogP contribution < -0.4 is 0 Å². The first kappa shape index (κ1) is 25.8. The Morgan fingerprint density at radius 3 is 1.95 bits per heavy atom. The molecule has 5 heteroatoms. The van der Waals surface area contributed by atoms with Crippen LogP contribution in [0.15, 0.2) is 126 Å². The number of carbonyl (C=O) groups is 1. The minimum Gasteiger partial charge on any atom is -0.289 e. The van der Waals surface area contributed by atoms with Crippen LogP contribution in [0.4, 0.5) is 0 Å². The summed E-state index contributed by atoms with van der Waals surface area (Å²) in [7, 11) is -3.85. The van der Waals surface area contributed by atoms with E-state index in [0.717, 1.165) is 22.3 Å². The lowest BCUT2D eigenvalue weighted by atomic mass is 9.78. The number of hydrogen-bond donors (Lipinski definition) is 0. The lowest BCUT2D eigenvalue weighted by Crippen LogP contribution is -2.49. The van der Waals surface area contributed by atoms with Gasteiger partial charge in [-0.25, -0.2) is 8.42 Å². The molecule has 0 radical (unpaired) electrons. The first-order chi connectivity index (χ1) is 18.4.